The third-order valence-electron chi connectivity index (χ3n) is 4.42. The summed E-state index contributed by atoms with van der Waals surface area (Å²) in [7, 11) is 0. The van der Waals surface area contributed by atoms with E-state index in [-0.39, 0.29) is 0 Å². The van der Waals surface area contributed by atoms with Crippen molar-refractivity contribution in [3.05, 3.63) is 35.9 Å². The Morgan fingerprint density at radius 1 is 1.05 bits per heavy atom. The second-order valence-electron chi connectivity index (χ2n) is 5.55. The first-order valence-corrected chi connectivity index (χ1v) is 7.86. The Balaban J connectivity index is 1.92. The van der Waals surface area contributed by atoms with Gasteiger partial charge in [0.05, 0.1) is 0 Å². The van der Waals surface area contributed by atoms with Gasteiger partial charge >= 0.3 is 0 Å². The van der Waals surface area contributed by atoms with Crippen molar-refractivity contribution in [1.82, 2.24) is 10.2 Å². The minimum atomic E-state index is 0.661. The summed E-state index contributed by atoms with van der Waals surface area (Å²) in [6, 6.07) is 12.1. The Morgan fingerprint density at radius 2 is 1.74 bits per heavy atom. The second-order valence-corrected chi connectivity index (χ2v) is 5.55. The number of benzene rings is 1. The Hall–Kier alpha value is -0.860. The van der Waals surface area contributed by atoms with Crippen LogP contribution >= 0.6 is 0 Å². The molecule has 0 aromatic heterocycles. The number of rotatable bonds is 6. The highest BCUT2D eigenvalue weighted by molar-refractivity contribution is 5.14. The normalized spacial score (nSPS) is 23.7. The van der Waals surface area contributed by atoms with E-state index in [1.165, 1.54) is 44.3 Å². The minimum Gasteiger partial charge on any atom is -0.308 e. The maximum absolute atomic E-state index is 3.80. The van der Waals surface area contributed by atoms with Gasteiger partial charge in [-0.05, 0) is 31.5 Å². The van der Waals surface area contributed by atoms with E-state index in [1.54, 1.807) is 0 Å². The molecule has 1 saturated carbocycles. The molecule has 0 saturated heterocycles. The summed E-state index contributed by atoms with van der Waals surface area (Å²) >= 11 is 0. The van der Waals surface area contributed by atoms with E-state index in [0.29, 0.717) is 6.04 Å². The highest BCUT2D eigenvalue weighted by atomic mass is 15.2. The Morgan fingerprint density at radius 3 is 2.42 bits per heavy atom. The van der Waals surface area contributed by atoms with Crippen LogP contribution in [0.25, 0.3) is 0 Å². The first kappa shape index (κ1) is 14.5. The highest BCUT2D eigenvalue weighted by Gasteiger charge is 2.28. The molecule has 1 aliphatic rings. The molecule has 2 rings (SSSR count). The van der Waals surface area contributed by atoms with Crippen LogP contribution in [0.3, 0.4) is 0 Å². The first-order valence-electron chi connectivity index (χ1n) is 7.86. The lowest BCUT2D eigenvalue weighted by atomic mass is 9.89. The van der Waals surface area contributed by atoms with Crippen molar-refractivity contribution < 1.29 is 0 Å². The van der Waals surface area contributed by atoms with Crippen molar-refractivity contribution in [2.45, 2.75) is 58.2 Å². The van der Waals surface area contributed by atoms with E-state index in [1.807, 2.05) is 0 Å². The molecule has 0 aliphatic heterocycles. The van der Waals surface area contributed by atoms with Gasteiger partial charge in [0.15, 0.2) is 0 Å². The number of nitrogens with one attached hydrogen (secondary N) is 1. The van der Waals surface area contributed by atoms with Crippen molar-refractivity contribution in [3.8, 4) is 0 Å². The zero-order chi connectivity index (χ0) is 13.5. The lowest BCUT2D eigenvalue weighted by Gasteiger charge is -2.39. The van der Waals surface area contributed by atoms with Crippen molar-refractivity contribution in [2.75, 3.05) is 13.1 Å². The van der Waals surface area contributed by atoms with Gasteiger partial charge in [-0.1, -0.05) is 57.0 Å². The SMILES string of the molecule is CCN(CC)[C@@H]1CCCC[C@H]1NCc1ccccc1. The average Bonchev–Trinajstić information content (AvgIpc) is 2.48. The number of likely N-dealkylation sites (N-methyl/N-ethyl adjacent to an activating group) is 1. The fourth-order valence-corrected chi connectivity index (χ4v) is 3.32. The van der Waals surface area contributed by atoms with E-state index in [9.17, 15) is 0 Å². The lowest BCUT2D eigenvalue weighted by molar-refractivity contribution is 0.132. The fourth-order valence-electron chi connectivity index (χ4n) is 3.32. The van der Waals surface area contributed by atoms with E-state index in [4.69, 9.17) is 0 Å². The predicted octanol–water partition coefficient (Wildman–Crippen LogP) is 3.43. The third-order valence-corrected chi connectivity index (χ3v) is 4.42. The molecular weight excluding hydrogens is 232 g/mol. The minimum absolute atomic E-state index is 0.661. The van der Waals surface area contributed by atoms with Crippen LogP contribution in [0, 0.1) is 0 Å². The molecule has 0 heterocycles. The highest BCUT2D eigenvalue weighted by Crippen LogP contribution is 2.23. The van der Waals surface area contributed by atoms with Gasteiger partial charge in [0.25, 0.3) is 0 Å². The van der Waals surface area contributed by atoms with Gasteiger partial charge in [-0.25, -0.2) is 0 Å². The molecule has 0 spiro atoms. The van der Waals surface area contributed by atoms with Crippen LogP contribution < -0.4 is 5.32 Å². The number of hydrogen-bond donors (Lipinski definition) is 1. The van der Waals surface area contributed by atoms with Gasteiger partial charge in [-0.2, -0.15) is 0 Å². The summed E-state index contributed by atoms with van der Waals surface area (Å²) in [6.45, 7) is 7.91. The molecule has 19 heavy (non-hydrogen) atoms. The summed E-state index contributed by atoms with van der Waals surface area (Å²) in [4.78, 5) is 2.63. The average molecular weight is 260 g/mol. The van der Waals surface area contributed by atoms with E-state index in [0.717, 1.165) is 12.6 Å². The van der Waals surface area contributed by atoms with E-state index < -0.39 is 0 Å². The van der Waals surface area contributed by atoms with Crippen LogP contribution in [-0.4, -0.2) is 30.1 Å². The molecule has 0 unspecified atom stereocenters. The summed E-state index contributed by atoms with van der Waals surface area (Å²) in [6.07, 6.45) is 5.46. The first-order chi connectivity index (χ1) is 9.35. The van der Waals surface area contributed by atoms with Gasteiger partial charge in [-0.15, -0.1) is 0 Å². The largest absolute Gasteiger partial charge is 0.308 e. The molecular formula is C17H28N2. The van der Waals surface area contributed by atoms with E-state index in [2.05, 4.69) is 54.4 Å². The Bertz CT molecular complexity index is 346. The van der Waals surface area contributed by atoms with Gasteiger partial charge in [0, 0.05) is 18.6 Å². The smallest absolute Gasteiger partial charge is 0.0249 e. The molecule has 0 radical (unpaired) electrons. The molecule has 1 aromatic carbocycles. The van der Waals surface area contributed by atoms with E-state index >= 15 is 0 Å². The molecule has 1 aliphatic carbocycles. The number of nitrogens with zero attached hydrogens (tertiary/aromatic N) is 1. The van der Waals surface area contributed by atoms with Gasteiger partial charge in [0.2, 0.25) is 0 Å². The summed E-state index contributed by atoms with van der Waals surface area (Å²) < 4.78 is 0. The van der Waals surface area contributed by atoms with Crippen LogP contribution in [0.2, 0.25) is 0 Å². The molecule has 1 aromatic rings. The molecule has 0 amide bonds. The fraction of sp³-hybridized carbons (Fsp3) is 0.647. The molecule has 2 heteroatoms. The standard InChI is InChI=1S/C17H28N2/c1-3-19(4-2)17-13-9-8-12-16(17)18-14-15-10-6-5-7-11-15/h5-7,10-11,16-18H,3-4,8-9,12-14H2,1-2H3/t16-,17-/m1/s1. The Kier molecular flexibility index (Phi) is 5.87. The second kappa shape index (κ2) is 7.66. The van der Waals surface area contributed by atoms with Crippen molar-refractivity contribution in [1.29, 1.82) is 0 Å². The molecule has 0 bridgehead atoms. The monoisotopic (exact) mass is 260 g/mol. The summed E-state index contributed by atoms with van der Waals surface area (Å²) in [5.41, 5.74) is 1.39. The van der Waals surface area contributed by atoms with Crippen LogP contribution in [0.5, 0.6) is 0 Å². The topological polar surface area (TPSA) is 15.3 Å². The maximum Gasteiger partial charge on any atom is 0.0249 e. The van der Waals surface area contributed by atoms with Crippen LogP contribution in [0.15, 0.2) is 30.3 Å². The molecule has 1 N–H and O–H groups in total. The van der Waals surface area contributed by atoms with Crippen LogP contribution in [0.4, 0.5) is 0 Å². The van der Waals surface area contributed by atoms with Gasteiger partial charge in [0.1, 0.15) is 0 Å². The maximum atomic E-state index is 3.80. The number of hydrogen-bond acceptors (Lipinski definition) is 2. The Labute approximate surface area is 118 Å². The van der Waals surface area contributed by atoms with Crippen LogP contribution in [0.1, 0.15) is 45.1 Å². The predicted molar refractivity (Wildman–Crippen MR) is 82.2 cm³/mol. The van der Waals surface area contributed by atoms with Gasteiger partial charge < -0.3 is 5.32 Å². The van der Waals surface area contributed by atoms with Crippen molar-refractivity contribution >= 4 is 0 Å². The zero-order valence-corrected chi connectivity index (χ0v) is 12.4. The van der Waals surface area contributed by atoms with Crippen molar-refractivity contribution in [2.24, 2.45) is 0 Å². The molecule has 106 valence electrons. The molecule has 1 fully saturated rings. The lowest BCUT2D eigenvalue weighted by Crippen LogP contribution is -2.51. The van der Waals surface area contributed by atoms with Crippen LogP contribution in [-0.2, 0) is 6.54 Å². The quantitative estimate of drug-likeness (QED) is 0.843. The third kappa shape index (κ3) is 4.05. The van der Waals surface area contributed by atoms with Gasteiger partial charge in [-0.3, -0.25) is 4.90 Å². The zero-order valence-electron chi connectivity index (χ0n) is 12.4. The molecule has 2 nitrogen and oxygen atoms in total. The molecule has 2 atom stereocenters. The summed E-state index contributed by atoms with van der Waals surface area (Å²) in [5.74, 6) is 0. The van der Waals surface area contributed by atoms with Crippen molar-refractivity contribution in [3.63, 3.8) is 0 Å². The summed E-state index contributed by atoms with van der Waals surface area (Å²) in [5, 5.41) is 3.80.